The molecule has 0 N–H and O–H groups in total. The zero-order valence-electron chi connectivity index (χ0n) is 9.81. The third-order valence-electron chi connectivity index (χ3n) is 3.15. The molecule has 0 aromatic heterocycles. The second kappa shape index (κ2) is 5.33. The van der Waals surface area contributed by atoms with E-state index in [4.69, 9.17) is 0 Å². The van der Waals surface area contributed by atoms with Gasteiger partial charge in [0.05, 0.1) is 4.07 Å². The fraction of sp³-hybridized carbons (Fsp3) is 0.200. The first kappa shape index (κ1) is 12.8. The number of hydrogen-bond donors (Lipinski definition) is 0. The van der Waals surface area contributed by atoms with Gasteiger partial charge in [-0.15, -0.1) is 9.24 Å². The van der Waals surface area contributed by atoms with Crippen molar-refractivity contribution in [2.75, 3.05) is 0 Å². The minimum absolute atomic E-state index is 0.115. The van der Waals surface area contributed by atoms with Crippen LogP contribution in [-0.4, -0.2) is 0 Å². The zero-order chi connectivity index (χ0) is 12.3. The highest BCUT2D eigenvalue weighted by atomic mass is 79.9. The van der Waals surface area contributed by atoms with Crippen LogP contribution in [0.2, 0.25) is 0 Å². The van der Waals surface area contributed by atoms with Crippen LogP contribution in [0.1, 0.15) is 24.0 Å². The standard InChI is InChI=1S/C15H16BrP/c1-12(13-8-4-2-5-9-13)15(16,17)14-10-6-3-7-11-14/h2-12H,17H2,1H3. The highest BCUT2D eigenvalue weighted by Crippen LogP contribution is 2.49. The second-order valence-corrected chi connectivity index (χ2v) is 7.33. The van der Waals surface area contributed by atoms with Crippen LogP contribution in [-0.2, 0) is 4.07 Å². The average Bonchev–Trinajstić information content (AvgIpc) is 2.40. The highest BCUT2D eigenvalue weighted by Gasteiger charge is 2.31. The van der Waals surface area contributed by atoms with E-state index in [2.05, 4.69) is 86.7 Å². The summed E-state index contributed by atoms with van der Waals surface area (Å²) in [5.41, 5.74) is 2.62. The van der Waals surface area contributed by atoms with E-state index in [1.807, 2.05) is 6.07 Å². The predicted octanol–water partition coefficient (Wildman–Crippen LogP) is 4.91. The van der Waals surface area contributed by atoms with Gasteiger partial charge >= 0.3 is 0 Å². The molecule has 0 aliphatic heterocycles. The fourth-order valence-corrected chi connectivity index (χ4v) is 2.84. The number of benzene rings is 2. The van der Waals surface area contributed by atoms with Crippen molar-refractivity contribution in [1.82, 2.24) is 0 Å². The van der Waals surface area contributed by atoms with E-state index in [-0.39, 0.29) is 4.07 Å². The zero-order valence-corrected chi connectivity index (χ0v) is 12.5. The fourth-order valence-electron chi connectivity index (χ4n) is 1.93. The molecule has 0 amide bonds. The van der Waals surface area contributed by atoms with Crippen LogP contribution in [0.3, 0.4) is 0 Å². The van der Waals surface area contributed by atoms with E-state index in [0.29, 0.717) is 5.92 Å². The Morgan fingerprint density at radius 2 is 1.41 bits per heavy atom. The molecule has 0 nitrogen and oxygen atoms in total. The molecule has 17 heavy (non-hydrogen) atoms. The summed E-state index contributed by atoms with van der Waals surface area (Å²) in [4.78, 5) is 0. The Kier molecular flexibility index (Phi) is 4.01. The van der Waals surface area contributed by atoms with Crippen molar-refractivity contribution in [1.29, 1.82) is 0 Å². The molecule has 0 spiro atoms. The van der Waals surface area contributed by atoms with Gasteiger partial charge in [0.1, 0.15) is 0 Å². The van der Waals surface area contributed by atoms with E-state index in [1.54, 1.807) is 0 Å². The lowest BCUT2D eigenvalue weighted by molar-refractivity contribution is 0.705. The molecule has 0 aliphatic carbocycles. The quantitative estimate of drug-likeness (QED) is 0.558. The minimum Gasteiger partial charge on any atom is -0.114 e. The normalized spacial score (nSPS) is 16.2. The lowest BCUT2D eigenvalue weighted by Crippen LogP contribution is -2.17. The summed E-state index contributed by atoms with van der Waals surface area (Å²) in [7, 11) is 2.94. The number of alkyl halides is 1. The molecule has 2 heteroatoms. The molecular formula is C15H16BrP. The smallest absolute Gasteiger partial charge is 0.0708 e. The van der Waals surface area contributed by atoms with Gasteiger partial charge in [-0.1, -0.05) is 83.5 Å². The molecule has 0 aliphatic rings. The number of halogens is 1. The molecule has 3 atom stereocenters. The third kappa shape index (κ3) is 2.78. The third-order valence-corrected chi connectivity index (χ3v) is 5.12. The van der Waals surface area contributed by atoms with Crippen molar-refractivity contribution >= 4 is 25.2 Å². The summed E-state index contributed by atoms with van der Waals surface area (Å²) < 4.78 is -0.115. The maximum Gasteiger partial charge on any atom is 0.0708 e. The van der Waals surface area contributed by atoms with Crippen LogP contribution in [0, 0.1) is 0 Å². The van der Waals surface area contributed by atoms with E-state index < -0.39 is 0 Å². The topological polar surface area (TPSA) is 0 Å². The summed E-state index contributed by atoms with van der Waals surface area (Å²) >= 11 is 3.86. The molecule has 0 heterocycles. The van der Waals surface area contributed by atoms with Gasteiger partial charge in [0.2, 0.25) is 0 Å². The molecule has 0 fully saturated rings. The van der Waals surface area contributed by atoms with Gasteiger partial charge in [-0.3, -0.25) is 0 Å². The van der Waals surface area contributed by atoms with Crippen molar-refractivity contribution in [3.8, 4) is 0 Å². The van der Waals surface area contributed by atoms with Gasteiger partial charge in [0.25, 0.3) is 0 Å². The predicted molar refractivity (Wildman–Crippen MR) is 81.6 cm³/mol. The first-order valence-electron chi connectivity index (χ1n) is 5.70. The Balaban J connectivity index is 2.33. The van der Waals surface area contributed by atoms with E-state index in [0.717, 1.165) is 0 Å². The largest absolute Gasteiger partial charge is 0.114 e. The molecule has 0 bridgehead atoms. The lowest BCUT2D eigenvalue weighted by atomic mass is 9.93. The SMILES string of the molecule is CC(c1ccccc1)C(P)(Br)c1ccccc1. The Bertz CT molecular complexity index is 465. The molecule has 0 radical (unpaired) electrons. The Morgan fingerprint density at radius 1 is 0.941 bits per heavy atom. The summed E-state index contributed by atoms with van der Waals surface area (Å²) in [5, 5.41) is 0. The van der Waals surface area contributed by atoms with E-state index in [1.165, 1.54) is 11.1 Å². The maximum absolute atomic E-state index is 3.86. The van der Waals surface area contributed by atoms with E-state index >= 15 is 0 Å². The molecule has 88 valence electrons. The van der Waals surface area contributed by atoms with Crippen molar-refractivity contribution in [3.63, 3.8) is 0 Å². The van der Waals surface area contributed by atoms with Gasteiger partial charge in [-0.25, -0.2) is 0 Å². The first-order chi connectivity index (χ1) is 8.12. The van der Waals surface area contributed by atoms with Gasteiger partial charge < -0.3 is 0 Å². The molecular weight excluding hydrogens is 291 g/mol. The van der Waals surface area contributed by atoms with Crippen LogP contribution in [0.5, 0.6) is 0 Å². The second-order valence-electron chi connectivity index (χ2n) is 4.27. The van der Waals surface area contributed by atoms with Crippen LogP contribution in [0.4, 0.5) is 0 Å². The van der Waals surface area contributed by atoms with E-state index in [9.17, 15) is 0 Å². The molecule has 0 saturated heterocycles. The molecule has 2 rings (SSSR count). The summed E-state index contributed by atoms with van der Waals surface area (Å²) in [6.07, 6.45) is 0. The Labute approximate surface area is 114 Å². The number of rotatable bonds is 3. The van der Waals surface area contributed by atoms with Gasteiger partial charge in [0, 0.05) is 5.92 Å². The molecule has 0 saturated carbocycles. The first-order valence-corrected chi connectivity index (χ1v) is 7.07. The molecule has 2 aromatic rings. The lowest BCUT2D eigenvalue weighted by Gasteiger charge is -2.30. The number of hydrogen-bond acceptors (Lipinski definition) is 0. The van der Waals surface area contributed by atoms with Gasteiger partial charge in [-0.05, 0) is 11.1 Å². The molecule has 2 aromatic carbocycles. The average molecular weight is 307 g/mol. The Hall–Kier alpha value is -0.650. The maximum atomic E-state index is 3.86. The van der Waals surface area contributed by atoms with Crippen LogP contribution >= 0.6 is 25.2 Å². The van der Waals surface area contributed by atoms with Crippen LogP contribution in [0.25, 0.3) is 0 Å². The van der Waals surface area contributed by atoms with Crippen LogP contribution < -0.4 is 0 Å². The molecule has 3 unspecified atom stereocenters. The summed E-state index contributed by atoms with van der Waals surface area (Å²) in [6, 6.07) is 21.1. The van der Waals surface area contributed by atoms with Crippen molar-refractivity contribution in [2.45, 2.75) is 16.9 Å². The van der Waals surface area contributed by atoms with Gasteiger partial charge in [0.15, 0.2) is 0 Å². The monoisotopic (exact) mass is 306 g/mol. The van der Waals surface area contributed by atoms with Crippen LogP contribution in [0.15, 0.2) is 60.7 Å². The summed E-state index contributed by atoms with van der Waals surface area (Å²) in [5.74, 6) is 0.385. The van der Waals surface area contributed by atoms with Gasteiger partial charge in [-0.2, -0.15) is 0 Å². The highest BCUT2D eigenvalue weighted by molar-refractivity contribution is 9.10. The summed E-state index contributed by atoms with van der Waals surface area (Å²) in [6.45, 7) is 2.24. The van der Waals surface area contributed by atoms with Crippen molar-refractivity contribution in [3.05, 3.63) is 71.8 Å². The minimum atomic E-state index is -0.115. The van der Waals surface area contributed by atoms with Crippen molar-refractivity contribution in [2.24, 2.45) is 0 Å². The van der Waals surface area contributed by atoms with Crippen molar-refractivity contribution < 1.29 is 0 Å². The Morgan fingerprint density at radius 3 is 1.94 bits per heavy atom.